The highest BCUT2D eigenvalue weighted by Gasteiger charge is 2.34. The van der Waals surface area contributed by atoms with E-state index in [2.05, 4.69) is 5.32 Å². The van der Waals surface area contributed by atoms with Crippen molar-refractivity contribution in [2.24, 2.45) is 11.3 Å². The molecule has 1 unspecified atom stereocenters. The summed E-state index contributed by atoms with van der Waals surface area (Å²) in [6, 6.07) is 7.41. The number of hydrogen-bond donors (Lipinski definition) is 2. The SMILES string of the molecule is CC(C)(CC(=O)NC(c1ccc(Cl)cc1)C1CCC1)C(=O)O. The molecule has 0 heterocycles. The molecule has 1 atom stereocenters. The Balaban J connectivity index is 2.09. The molecule has 1 aliphatic rings. The molecule has 2 rings (SSSR count). The van der Waals surface area contributed by atoms with Crippen LogP contribution >= 0.6 is 11.6 Å². The molecule has 22 heavy (non-hydrogen) atoms. The van der Waals surface area contributed by atoms with Gasteiger partial charge < -0.3 is 10.4 Å². The number of amides is 1. The van der Waals surface area contributed by atoms with Gasteiger partial charge in [0.1, 0.15) is 0 Å². The molecule has 0 radical (unpaired) electrons. The number of halogens is 1. The van der Waals surface area contributed by atoms with Crippen molar-refractivity contribution in [2.45, 2.75) is 45.6 Å². The van der Waals surface area contributed by atoms with Gasteiger partial charge in [0, 0.05) is 11.4 Å². The number of carbonyl (C=O) groups excluding carboxylic acids is 1. The van der Waals surface area contributed by atoms with Crippen LogP contribution in [0.25, 0.3) is 0 Å². The van der Waals surface area contributed by atoms with Crippen LogP contribution in [0.4, 0.5) is 0 Å². The Hall–Kier alpha value is -1.55. The Bertz CT molecular complexity index is 550. The van der Waals surface area contributed by atoms with E-state index in [0.717, 1.165) is 18.4 Å². The van der Waals surface area contributed by atoms with Gasteiger partial charge in [-0.1, -0.05) is 30.2 Å². The number of carboxylic acid groups (broad SMARTS) is 1. The van der Waals surface area contributed by atoms with Crippen LogP contribution in [0.15, 0.2) is 24.3 Å². The minimum Gasteiger partial charge on any atom is -0.481 e. The molecule has 0 saturated heterocycles. The number of nitrogens with one attached hydrogen (secondary N) is 1. The number of carboxylic acids is 1. The van der Waals surface area contributed by atoms with E-state index in [1.54, 1.807) is 13.8 Å². The first-order chi connectivity index (χ1) is 10.3. The van der Waals surface area contributed by atoms with Crippen molar-refractivity contribution in [3.8, 4) is 0 Å². The van der Waals surface area contributed by atoms with Crippen molar-refractivity contribution in [1.29, 1.82) is 0 Å². The molecule has 5 heteroatoms. The summed E-state index contributed by atoms with van der Waals surface area (Å²) in [5.74, 6) is -0.772. The molecular formula is C17H22ClNO3. The molecular weight excluding hydrogens is 302 g/mol. The van der Waals surface area contributed by atoms with Gasteiger partial charge in [-0.05, 0) is 50.3 Å². The fourth-order valence-electron chi connectivity index (χ4n) is 2.62. The predicted molar refractivity (Wildman–Crippen MR) is 85.7 cm³/mol. The number of carbonyl (C=O) groups is 2. The second-order valence-electron chi connectivity index (χ2n) is 6.65. The molecule has 2 N–H and O–H groups in total. The third-order valence-corrected chi connectivity index (χ3v) is 4.60. The quantitative estimate of drug-likeness (QED) is 0.836. The number of rotatable bonds is 6. The molecule has 4 nitrogen and oxygen atoms in total. The second kappa shape index (κ2) is 6.69. The molecule has 1 fully saturated rings. The molecule has 0 bridgehead atoms. The Morgan fingerprint density at radius 3 is 2.36 bits per heavy atom. The summed E-state index contributed by atoms with van der Waals surface area (Å²) in [6.45, 7) is 3.13. The van der Waals surface area contributed by atoms with Crippen molar-refractivity contribution in [2.75, 3.05) is 0 Å². The minimum atomic E-state index is -1.06. The molecule has 1 saturated carbocycles. The van der Waals surface area contributed by atoms with E-state index >= 15 is 0 Å². The highest BCUT2D eigenvalue weighted by Crippen LogP contribution is 2.38. The smallest absolute Gasteiger partial charge is 0.309 e. The van der Waals surface area contributed by atoms with E-state index < -0.39 is 11.4 Å². The van der Waals surface area contributed by atoms with Crippen LogP contribution in [-0.4, -0.2) is 17.0 Å². The third kappa shape index (κ3) is 4.01. The van der Waals surface area contributed by atoms with Gasteiger partial charge in [0.25, 0.3) is 0 Å². The van der Waals surface area contributed by atoms with Crippen LogP contribution in [0, 0.1) is 11.3 Å². The first-order valence-corrected chi connectivity index (χ1v) is 7.95. The van der Waals surface area contributed by atoms with Gasteiger partial charge in [0.15, 0.2) is 0 Å². The molecule has 0 aliphatic heterocycles. The molecule has 1 aromatic rings. The lowest BCUT2D eigenvalue weighted by Crippen LogP contribution is -2.39. The topological polar surface area (TPSA) is 66.4 Å². The molecule has 1 amide bonds. The maximum atomic E-state index is 12.3. The van der Waals surface area contributed by atoms with Crippen molar-refractivity contribution < 1.29 is 14.7 Å². The van der Waals surface area contributed by atoms with Crippen molar-refractivity contribution in [3.63, 3.8) is 0 Å². The van der Waals surface area contributed by atoms with Crippen molar-refractivity contribution in [3.05, 3.63) is 34.9 Å². The third-order valence-electron chi connectivity index (χ3n) is 4.35. The van der Waals surface area contributed by atoms with Crippen molar-refractivity contribution >= 4 is 23.5 Å². The van der Waals surface area contributed by atoms with Crippen LogP contribution in [0.1, 0.15) is 51.1 Å². The fraction of sp³-hybridized carbons (Fsp3) is 0.529. The first kappa shape index (κ1) is 16.8. The average molecular weight is 324 g/mol. The van der Waals surface area contributed by atoms with E-state index in [1.165, 1.54) is 6.42 Å². The van der Waals surface area contributed by atoms with Gasteiger partial charge in [-0.3, -0.25) is 9.59 Å². The zero-order valence-electron chi connectivity index (χ0n) is 12.9. The van der Waals surface area contributed by atoms with Gasteiger partial charge in [-0.2, -0.15) is 0 Å². The Morgan fingerprint density at radius 1 is 1.32 bits per heavy atom. The van der Waals surface area contributed by atoms with E-state index in [9.17, 15) is 9.59 Å². The molecule has 1 aromatic carbocycles. The lowest BCUT2D eigenvalue weighted by atomic mass is 9.77. The maximum absolute atomic E-state index is 12.3. The molecule has 120 valence electrons. The van der Waals surface area contributed by atoms with Crippen LogP contribution in [0.2, 0.25) is 5.02 Å². The van der Waals surface area contributed by atoms with Crippen LogP contribution < -0.4 is 5.32 Å². The monoisotopic (exact) mass is 323 g/mol. The number of aliphatic carboxylic acids is 1. The Labute approximate surface area is 135 Å². The molecule has 0 spiro atoms. The van der Waals surface area contributed by atoms with Crippen LogP contribution in [-0.2, 0) is 9.59 Å². The fourth-order valence-corrected chi connectivity index (χ4v) is 2.74. The summed E-state index contributed by atoms with van der Waals surface area (Å²) in [5, 5.41) is 12.8. The maximum Gasteiger partial charge on any atom is 0.309 e. The summed E-state index contributed by atoms with van der Waals surface area (Å²) in [4.78, 5) is 23.4. The zero-order chi connectivity index (χ0) is 16.3. The van der Waals surface area contributed by atoms with Crippen LogP contribution in [0.3, 0.4) is 0 Å². The van der Waals surface area contributed by atoms with Gasteiger partial charge >= 0.3 is 5.97 Å². The standard InChI is InChI=1S/C17H22ClNO3/c1-17(2,16(21)22)10-14(20)19-15(11-4-3-5-11)12-6-8-13(18)9-7-12/h6-9,11,15H,3-5,10H2,1-2H3,(H,19,20)(H,21,22). The van der Waals surface area contributed by atoms with Crippen LogP contribution in [0.5, 0.6) is 0 Å². The number of hydrogen-bond acceptors (Lipinski definition) is 2. The summed E-state index contributed by atoms with van der Waals surface area (Å²) >= 11 is 5.92. The van der Waals surface area contributed by atoms with E-state index in [0.29, 0.717) is 10.9 Å². The highest BCUT2D eigenvalue weighted by molar-refractivity contribution is 6.30. The minimum absolute atomic E-state index is 0.0286. The molecule has 1 aliphatic carbocycles. The Kier molecular flexibility index (Phi) is 5.12. The highest BCUT2D eigenvalue weighted by atomic mass is 35.5. The summed E-state index contributed by atoms with van der Waals surface area (Å²) in [5.41, 5.74) is -0.0376. The predicted octanol–water partition coefficient (Wildman–Crippen LogP) is 3.80. The van der Waals surface area contributed by atoms with E-state index in [4.69, 9.17) is 16.7 Å². The lowest BCUT2D eigenvalue weighted by Gasteiger charge is -2.35. The first-order valence-electron chi connectivity index (χ1n) is 7.58. The molecule has 0 aromatic heterocycles. The normalized spacial score (nSPS) is 16.7. The summed E-state index contributed by atoms with van der Waals surface area (Å²) in [7, 11) is 0. The van der Waals surface area contributed by atoms with Gasteiger partial charge in [0.05, 0.1) is 11.5 Å². The van der Waals surface area contributed by atoms with Gasteiger partial charge in [-0.15, -0.1) is 0 Å². The zero-order valence-corrected chi connectivity index (χ0v) is 13.7. The van der Waals surface area contributed by atoms with E-state index in [1.807, 2.05) is 24.3 Å². The second-order valence-corrected chi connectivity index (χ2v) is 7.09. The van der Waals surface area contributed by atoms with Crippen molar-refractivity contribution in [1.82, 2.24) is 5.32 Å². The average Bonchev–Trinajstić information content (AvgIpc) is 2.36. The largest absolute Gasteiger partial charge is 0.481 e. The summed E-state index contributed by atoms with van der Waals surface area (Å²) < 4.78 is 0. The lowest BCUT2D eigenvalue weighted by molar-refractivity contribution is -0.149. The number of benzene rings is 1. The summed E-state index contributed by atoms with van der Waals surface area (Å²) in [6.07, 6.45) is 3.30. The Morgan fingerprint density at radius 2 is 1.91 bits per heavy atom. The van der Waals surface area contributed by atoms with Gasteiger partial charge in [0.2, 0.25) is 5.91 Å². The van der Waals surface area contributed by atoms with E-state index in [-0.39, 0.29) is 18.4 Å². The van der Waals surface area contributed by atoms with Gasteiger partial charge in [-0.25, -0.2) is 0 Å².